The number of hydrogen-bond donors (Lipinski definition) is 1. The number of hydrogen-bond acceptors (Lipinski definition) is 4. The maximum absolute atomic E-state index is 5.46. The minimum absolute atomic E-state index is 0.615. The fourth-order valence-electron chi connectivity index (χ4n) is 3.47. The summed E-state index contributed by atoms with van der Waals surface area (Å²) in [6, 6.07) is 8.75. The number of benzene rings is 1. The molecule has 0 saturated carbocycles. The summed E-state index contributed by atoms with van der Waals surface area (Å²) in [5.41, 5.74) is 1.19. The van der Waals surface area contributed by atoms with E-state index >= 15 is 0 Å². The third-order valence-electron chi connectivity index (χ3n) is 4.82. The predicted octanol–water partition coefficient (Wildman–Crippen LogP) is 1.18. The number of nitrogens with zero attached hydrogens (tertiary/aromatic N) is 3. The molecule has 0 aromatic heterocycles. The number of likely N-dealkylation sites (tertiary alicyclic amines) is 1. The lowest BCUT2D eigenvalue weighted by Gasteiger charge is -2.32. The fraction of sp³-hybridized carbons (Fsp3) is 0.611. The smallest absolute Gasteiger partial charge is 0.193 e. The summed E-state index contributed by atoms with van der Waals surface area (Å²) in [6.45, 7) is 6.67. The van der Waals surface area contributed by atoms with Gasteiger partial charge in [0.15, 0.2) is 5.96 Å². The van der Waals surface area contributed by atoms with Crippen LogP contribution in [0.25, 0.3) is 0 Å². The quantitative estimate of drug-likeness (QED) is 0.663. The van der Waals surface area contributed by atoms with E-state index in [0.29, 0.717) is 6.04 Å². The molecule has 1 unspecified atom stereocenters. The van der Waals surface area contributed by atoms with Crippen molar-refractivity contribution in [3.05, 3.63) is 29.8 Å². The standard InChI is InChI=1S/C18H28N4O2/c1-19-18(20-13-15-4-3-5-17(12-15)23-2)22-7-6-16(14-22)21-8-10-24-11-9-21/h3-5,12,16H,6-11,13-14H2,1-2H3,(H,19,20). The van der Waals surface area contributed by atoms with Gasteiger partial charge in [-0.1, -0.05) is 12.1 Å². The molecular formula is C18H28N4O2. The summed E-state index contributed by atoms with van der Waals surface area (Å²) >= 11 is 0. The van der Waals surface area contributed by atoms with Crippen LogP contribution < -0.4 is 10.1 Å². The molecule has 2 heterocycles. The number of ether oxygens (including phenoxy) is 2. The summed E-state index contributed by atoms with van der Waals surface area (Å²) in [6.07, 6.45) is 1.19. The van der Waals surface area contributed by atoms with Crippen molar-refractivity contribution in [3.63, 3.8) is 0 Å². The van der Waals surface area contributed by atoms with Crippen LogP contribution >= 0.6 is 0 Å². The molecule has 2 aliphatic heterocycles. The van der Waals surface area contributed by atoms with Gasteiger partial charge in [0.2, 0.25) is 0 Å². The second-order valence-electron chi connectivity index (χ2n) is 6.29. The van der Waals surface area contributed by atoms with Gasteiger partial charge in [0.05, 0.1) is 20.3 Å². The molecule has 2 saturated heterocycles. The van der Waals surface area contributed by atoms with Gasteiger partial charge in [-0.2, -0.15) is 0 Å². The van der Waals surface area contributed by atoms with Crippen molar-refractivity contribution in [2.75, 3.05) is 53.6 Å². The highest BCUT2D eigenvalue weighted by molar-refractivity contribution is 5.80. The molecule has 1 atom stereocenters. The Morgan fingerprint density at radius 3 is 2.92 bits per heavy atom. The Hall–Kier alpha value is -1.79. The molecule has 0 radical (unpaired) electrons. The van der Waals surface area contributed by atoms with E-state index in [9.17, 15) is 0 Å². The maximum atomic E-state index is 5.46. The first-order valence-corrected chi connectivity index (χ1v) is 8.70. The van der Waals surface area contributed by atoms with Crippen LogP contribution in [0, 0.1) is 0 Å². The van der Waals surface area contributed by atoms with E-state index in [2.05, 4.69) is 32.2 Å². The number of methoxy groups -OCH3 is 1. The number of morpholine rings is 1. The molecule has 132 valence electrons. The monoisotopic (exact) mass is 332 g/mol. The SMILES string of the molecule is CN=C(NCc1cccc(OC)c1)N1CCC(N2CCOCC2)C1. The second kappa shape index (κ2) is 8.35. The third-order valence-corrected chi connectivity index (χ3v) is 4.82. The average Bonchev–Trinajstić information content (AvgIpc) is 3.13. The zero-order valence-corrected chi connectivity index (χ0v) is 14.7. The molecule has 1 N–H and O–H groups in total. The summed E-state index contributed by atoms with van der Waals surface area (Å²) < 4.78 is 10.7. The molecule has 6 heteroatoms. The van der Waals surface area contributed by atoms with Crippen molar-refractivity contribution in [2.45, 2.75) is 19.0 Å². The molecule has 1 aromatic carbocycles. The normalized spacial score (nSPS) is 22.7. The largest absolute Gasteiger partial charge is 0.497 e. The zero-order valence-electron chi connectivity index (χ0n) is 14.7. The molecule has 0 bridgehead atoms. The van der Waals surface area contributed by atoms with Gasteiger partial charge in [-0.05, 0) is 24.1 Å². The molecule has 2 aliphatic rings. The summed E-state index contributed by atoms with van der Waals surface area (Å²) in [7, 11) is 3.55. The van der Waals surface area contributed by atoms with Crippen molar-refractivity contribution in [3.8, 4) is 5.75 Å². The second-order valence-corrected chi connectivity index (χ2v) is 6.29. The molecule has 0 spiro atoms. The van der Waals surface area contributed by atoms with E-state index < -0.39 is 0 Å². The molecule has 6 nitrogen and oxygen atoms in total. The van der Waals surface area contributed by atoms with Gasteiger partial charge in [0.25, 0.3) is 0 Å². The van der Waals surface area contributed by atoms with E-state index in [0.717, 1.165) is 57.6 Å². The van der Waals surface area contributed by atoms with Gasteiger partial charge in [-0.15, -0.1) is 0 Å². The van der Waals surface area contributed by atoms with Crippen molar-refractivity contribution >= 4 is 5.96 Å². The van der Waals surface area contributed by atoms with Gasteiger partial charge in [-0.25, -0.2) is 0 Å². The molecular weight excluding hydrogens is 304 g/mol. The highest BCUT2D eigenvalue weighted by Gasteiger charge is 2.30. The Morgan fingerprint density at radius 2 is 2.17 bits per heavy atom. The molecule has 24 heavy (non-hydrogen) atoms. The highest BCUT2D eigenvalue weighted by Crippen LogP contribution is 2.17. The lowest BCUT2D eigenvalue weighted by molar-refractivity contribution is 0.0195. The van der Waals surface area contributed by atoms with E-state index in [-0.39, 0.29) is 0 Å². The maximum Gasteiger partial charge on any atom is 0.193 e. The molecule has 1 aromatic rings. The average molecular weight is 332 g/mol. The van der Waals surface area contributed by atoms with Gasteiger partial charge in [0, 0.05) is 45.8 Å². The highest BCUT2D eigenvalue weighted by atomic mass is 16.5. The van der Waals surface area contributed by atoms with Crippen molar-refractivity contribution < 1.29 is 9.47 Å². The van der Waals surface area contributed by atoms with Crippen LogP contribution in [-0.2, 0) is 11.3 Å². The van der Waals surface area contributed by atoms with Crippen LogP contribution in [0.1, 0.15) is 12.0 Å². The lowest BCUT2D eigenvalue weighted by Crippen LogP contribution is -2.46. The molecule has 2 fully saturated rings. The van der Waals surface area contributed by atoms with Crippen LogP contribution in [-0.4, -0.2) is 75.4 Å². The Labute approximate surface area is 144 Å². The van der Waals surface area contributed by atoms with Crippen LogP contribution in [0.5, 0.6) is 5.75 Å². The van der Waals surface area contributed by atoms with Gasteiger partial charge < -0.3 is 19.7 Å². The summed E-state index contributed by atoms with van der Waals surface area (Å²) in [5.74, 6) is 1.87. The Balaban J connectivity index is 1.53. The van der Waals surface area contributed by atoms with Crippen molar-refractivity contribution in [2.24, 2.45) is 4.99 Å². The zero-order chi connectivity index (χ0) is 16.8. The van der Waals surface area contributed by atoms with E-state index in [1.165, 1.54) is 12.0 Å². The van der Waals surface area contributed by atoms with E-state index in [4.69, 9.17) is 9.47 Å². The Bertz CT molecular complexity index is 558. The van der Waals surface area contributed by atoms with E-state index in [1.807, 2.05) is 19.2 Å². The number of nitrogens with one attached hydrogen (secondary N) is 1. The molecule has 3 rings (SSSR count). The van der Waals surface area contributed by atoms with Crippen LogP contribution in [0.3, 0.4) is 0 Å². The van der Waals surface area contributed by atoms with Crippen LogP contribution in [0.4, 0.5) is 0 Å². The summed E-state index contributed by atoms with van der Waals surface area (Å²) in [4.78, 5) is 9.38. The van der Waals surface area contributed by atoms with E-state index in [1.54, 1.807) is 7.11 Å². The Kier molecular flexibility index (Phi) is 5.93. The van der Waals surface area contributed by atoms with Crippen molar-refractivity contribution in [1.29, 1.82) is 0 Å². The van der Waals surface area contributed by atoms with Crippen LogP contribution in [0.2, 0.25) is 0 Å². The number of guanidine groups is 1. The lowest BCUT2D eigenvalue weighted by atomic mass is 10.2. The predicted molar refractivity (Wildman–Crippen MR) is 95.6 cm³/mol. The van der Waals surface area contributed by atoms with Crippen molar-refractivity contribution in [1.82, 2.24) is 15.1 Å². The summed E-state index contributed by atoms with van der Waals surface area (Å²) in [5, 5.41) is 3.48. The molecule has 0 amide bonds. The van der Waals surface area contributed by atoms with Gasteiger partial charge in [0.1, 0.15) is 5.75 Å². The number of aliphatic imine (C=N–C) groups is 1. The Morgan fingerprint density at radius 1 is 1.33 bits per heavy atom. The number of rotatable bonds is 4. The first-order valence-electron chi connectivity index (χ1n) is 8.70. The third kappa shape index (κ3) is 4.19. The molecule has 0 aliphatic carbocycles. The van der Waals surface area contributed by atoms with Crippen LogP contribution in [0.15, 0.2) is 29.3 Å². The fourth-order valence-corrected chi connectivity index (χ4v) is 3.47. The first kappa shape index (κ1) is 17.0. The van der Waals surface area contributed by atoms with Gasteiger partial charge in [-0.3, -0.25) is 9.89 Å². The topological polar surface area (TPSA) is 49.3 Å². The minimum atomic E-state index is 0.615. The minimum Gasteiger partial charge on any atom is -0.497 e. The first-order chi connectivity index (χ1) is 11.8. The van der Waals surface area contributed by atoms with Gasteiger partial charge >= 0.3 is 0 Å².